The Bertz CT molecular complexity index is 5310. The number of halogens is 7. The summed E-state index contributed by atoms with van der Waals surface area (Å²) in [6, 6.07) is 38.7. The van der Waals surface area contributed by atoms with Crippen molar-refractivity contribution in [3.63, 3.8) is 0 Å². The van der Waals surface area contributed by atoms with Gasteiger partial charge in [-0.05, 0) is 194 Å². The molecule has 0 unspecified atom stereocenters. The number of esters is 2. The van der Waals surface area contributed by atoms with E-state index in [-0.39, 0.29) is 86.8 Å². The van der Waals surface area contributed by atoms with E-state index in [1.54, 1.807) is 67.0 Å². The first-order valence-corrected chi connectivity index (χ1v) is 35.8. The molecule has 0 atom stereocenters. The number of carbonyl (C=O) groups excluding carboxylic acids is 5. The number of hydrogen-bond donors (Lipinski definition) is 2. The molecule has 3 N–H and O–H groups in total. The molecule has 0 spiro atoms. The molecule has 0 saturated heterocycles. The molecule has 3 fully saturated rings. The number of fused-ring (bicyclic) bond motifs is 3. The number of aromatic nitrogens is 9. The van der Waals surface area contributed by atoms with Gasteiger partial charge >= 0.3 is 36.8 Å². The van der Waals surface area contributed by atoms with E-state index >= 15 is 4.39 Å². The summed E-state index contributed by atoms with van der Waals surface area (Å²) in [5, 5.41) is 25.7. The van der Waals surface area contributed by atoms with Crippen LogP contribution in [-0.2, 0) is 9.47 Å². The maximum absolute atomic E-state index is 15.1. The summed E-state index contributed by atoms with van der Waals surface area (Å²) >= 11 is 24.8. The summed E-state index contributed by atoms with van der Waals surface area (Å²) in [5.41, 5.74) is 8.35. The fraction of sp³-hybridized carbons (Fsp3) is 0.250. The van der Waals surface area contributed by atoms with E-state index in [0.29, 0.717) is 71.0 Å². The predicted molar refractivity (Wildman–Crippen MR) is 398 cm³/mol. The quantitative estimate of drug-likeness (QED) is 0.0653. The third-order valence-electron chi connectivity index (χ3n) is 19.2. The van der Waals surface area contributed by atoms with Gasteiger partial charge in [0, 0.05) is 35.3 Å². The van der Waals surface area contributed by atoms with Crippen molar-refractivity contribution in [3.05, 3.63) is 247 Å². The largest absolute Gasteiger partial charge is 1.00 e. The van der Waals surface area contributed by atoms with Gasteiger partial charge < -0.3 is 20.1 Å². The van der Waals surface area contributed by atoms with Crippen molar-refractivity contribution in [1.82, 2.24) is 44.7 Å². The van der Waals surface area contributed by atoms with Crippen LogP contribution in [0.5, 0.6) is 0 Å². The first-order valence-electron chi connectivity index (χ1n) is 34.3. The number of pyridine rings is 3. The molecule has 6 heterocycles. The Morgan fingerprint density at radius 3 is 1.20 bits per heavy atom. The second-order valence-electron chi connectivity index (χ2n) is 25.6. The first kappa shape index (κ1) is 79.7. The molecule has 27 heteroatoms. The SMILES string of the molecule is COC(=O)c1ccc(-c2n[nH]c3cccnc23)c(F)c1.COC(=O)c1ccc(-c2nn(C(=O)c3c(Cl)cccc3C3CCCCC3)c3cccnc23)c(F)c1.O=C(Cl)c1c(Cl)cccc1C1CCCCC1.O=C(O)c1ccc(-c2nn(C(=O)c3c(Cl)cccc3C3CCCCC3)c3cccnc23)c(F)c1.[Li+].[OH-]. The number of methoxy groups -OCH3 is 2. The molecule has 12 aromatic rings. The molecule has 3 saturated carbocycles. The maximum atomic E-state index is 15.1. The van der Waals surface area contributed by atoms with Crippen LogP contribution in [0.3, 0.4) is 0 Å². The number of H-pyrrole nitrogens is 1. The van der Waals surface area contributed by atoms with Gasteiger partial charge in [0.1, 0.15) is 51.1 Å². The summed E-state index contributed by atoms with van der Waals surface area (Å²) in [5.74, 6) is -4.28. The minimum Gasteiger partial charge on any atom is -0.870 e. The van der Waals surface area contributed by atoms with Crippen LogP contribution in [-0.4, -0.2) is 104 Å². The summed E-state index contributed by atoms with van der Waals surface area (Å²) in [4.78, 5) is 86.4. The zero-order chi connectivity index (χ0) is 74.0. The maximum Gasteiger partial charge on any atom is 1.00 e. The molecule has 6 aromatic heterocycles. The van der Waals surface area contributed by atoms with E-state index in [1.165, 1.54) is 98.3 Å². The van der Waals surface area contributed by atoms with Gasteiger partial charge in [-0.15, -0.1) is 0 Å². The van der Waals surface area contributed by atoms with E-state index < -0.39 is 46.5 Å². The summed E-state index contributed by atoms with van der Waals surface area (Å²) in [7, 11) is 2.48. The topological polar surface area (TPSA) is 274 Å². The molecule has 6 aromatic carbocycles. The Labute approximate surface area is 644 Å². The van der Waals surface area contributed by atoms with Gasteiger partial charge in [0.25, 0.3) is 17.1 Å². The zero-order valence-electron chi connectivity index (χ0n) is 58.3. The Hall–Kier alpha value is -9.89. The van der Waals surface area contributed by atoms with Crippen molar-refractivity contribution in [3.8, 4) is 33.8 Å². The number of hydrogen-bond acceptors (Lipinski definition) is 15. The molecule has 15 rings (SSSR count). The molecule has 107 heavy (non-hydrogen) atoms. The van der Waals surface area contributed by atoms with Crippen LogP contribution in [0.2, 0.25) is 15.1 Å². The number of rotatable bonds is 12. The fourth-order valence-electron chi connectivity index (χ4n) is 14.1. The monoisotopic (exact) mass is 1520 g/mol. The number of aromatic amines is 1. The predicted octanol–water partition coefficient (Wildman–Crippen LogP) is 16.9. The van der Waals surface area contributed by atoms with Gasteiger partial charge in [-0.25, -0.2) is 27.6 Å². The third kappa shape index (κ3) is 17.4. The molecule has 544 valence electrons. The molecule has 0 bridgehead atoms. The molecule has 0 amide bonds. The molecule has 0 radical (unpaired) electrons. The van der Waals surface area contributed by atoms with E-state index in [1.807, 2.05) is 36.4 Å². The Morgan fingerprint density at radius 1 is 0.458 bits per heavy atom. The Morgan fingerprint density at radius 2 is 0.813 bits per heavy atom. The van der Waals surface area contributed by atoms with Crippen LogP contribution in [0.1, 0.15) is 193 Å². The number of aromatic carboxylic acids is 1. The minimum atomic E-state index is -1.23. The van der Waals surface area contributed by atoms with Crippen molar-refractivity contribution < 1.29 is 80.9 Å². The zero-order valence-corrected chi connectivity index (χ0v) is 61.3. The van der Waals surface area contributed by atoms with Crippen LogP contribution >= 0.6 is 46.4 Å². The molecule has 0 aliphatic heterocycles. The van der Waals surface area contributed by atoms with E-state index in [2.05, 4.69) is 44.8 Å². The van der Waals surface area contributed by atoms with Gasteiger partial charge in [0.05, 0.1) is 79.2 Å². The average Bonchev–Trinajstić information content (AvgIpc) is 1.63. The van der Waals surface area contributed by atoms with Crippen molar-refractivity contribution in [2.24, 2.45) is 0 Å². The molecule has 19 nitrogen and oxygen atoms in total. The van der Waals surface area contributed by atoms with Gasteiger partial charge in [0.2, 0.25) is 0 Å². The van der Waals surface area contributed by atoms with E-state index in [9.17, 15) is 37.5 Å². The van der Waals surface area contributed by atoms with Gasteiger partial charge in [-0.2, -0.15) is 24.7 Å². The van der Waals surface area contributed by atoms with Gasteiger partial charge in [0.15, 0.2) is 0 Å². The summed E-state index contributed by atoms with van der Waals surface area (Å²) in [6.45, 7) is 0. The minimum absolute atomic E-state index is 0. The van der Waals surface area contributed by atoms with Crippen LogP contribution in [0.4, 0.5) is 13.2 Å². The van der Waals surface area contributed by atoms with Crippen molar-refractivity contribution >= 4 is 114 Å². The number of ether oxygens (including phenoxy) is 2. The standard InChI is InChI=1S/C27H23ClFN3O3.C26H21ClFN3O3.C14H10FN3O2.C13H14Cl2O.Li.H2O/c1-35-27(34)17-12-13-19(21(29)15-17)24-25-22(11-6-14-30-25)32(31-24)26(33)23-18(9-5-10-20(23)28)16-7-3-2-4-8-16;27-19-9-4-8-17(15-6-2-1-3-7-15)22(19)25(32)31-21-10-5-13-29-24(21)23(30-31)18-12-11-16(26(33)34)14-20(18)28;1-20-14(19)8-4-5-9(10(15)7-8)12-13-11(17-18-12)3-2-6-16-13;14-11-8-4-7-10(12(11)13(15)16)9-5-2-1-3-6-9;;/h5-6,9-16H,2-4,7-8H2,1H3;4-5,8-15H,1-3,6-7H2,(H,33,34);2-7H,1H3,(H,17,18);4,7-9H,1-3,5-6H2;;1H2/q;;;;+1;/p-1. The second kappa shape index (κ2) is 36.1. The second-order valence-corrected chi connectivity index (χ2v) is 27.2. The van der Waals surface area contributed by atoms with Crippen LogP contribution in [0.15, 0.2) is 164 Å². The summed E-state index contributed by atoms with van der Waals surface area (Å²) < 4.78 is 55.8. The fourth-order valence-corrected chi connectivity index (χ4v) is 15.2. The Kier molecular flexibility index (Phi) is 26.9. The van der Waals surface area contributed by atoms with E-state index in [0.717, 1.165) is 105 Å². The molecular formula is C80H69Cl4F3LiN9O10. The number of carboxylic acids is 1. The van der Waals surface area contributed by atoms with Crippen molar-refractivity contribution in [1.29, 1.82) is 0 Å². The average molecular weight is 1520 g/mol. The van der Waals surface area contributed by atoms with Crippen molar-refractivity contribution in [2.45, 2.75) is 114 Å². The smallest absolute Gasteiger partial charge is 0.870 e. The van der Waals surface area contributed by atoms with Crippen LogP contribution in [0.25, 0.3) is 66.9 Å². The van der Waals surface area contributed by atoms with Crippen LogP contribution < -0.4 is 18.9 Å². The summed E-state index contributed by atoms with van der Waals surface area (Å²) in [6.07, 6.45) is 21.6. The third-order valence-corrected chi connectivity index (χ3v) is 20.4. The number of nitrogens with one attached hydrogen (secondary N) is 1. The molecule has 3 aliphatic carbocycles. The van der Waals surface area contributed by atoms with Gasteiger partial charge in [-0.1, -0.05) is 129 Å². The number of carbonyl (C=O) groups is 6. The molecular weight excluding hydrogens is 1450 g/mol. The number of carboxylic acid groups (broad SMARTS) is 1. The van der Waals surface area contributed by atoms with E-state index in [4.69, 9.17) is 51.5 Å². The number of nitrogens with zero attached hydrogens (tertiary/aromatic N) is 8. The van der Waals surface area contributed by atoms with Gasteiger partial charge in [-0.3, -0.25) is 34.4 Å². The van der Waals surface area contributed by atoms with Crippen molar-refractivity contribution in [2.75, 3.05) is 14.2 Å². The van der Waals surface area contributed by atoms with Crippen LogP contribution in [0, 0.1) is 17.5 Å². The first-order chi connectivity index (χ1) is 50.8. The number of benzene rings is 6. The normalized spacial score (nSPS) is 13.8. The Balaban J connectivity index is 0.000000158. The molecule has 3 aliphatic rings.